The summed E-state index contributed by atoms with van der Waals surface area (Å²) in [5.74, 6) is -0.441. The first-order valence-electron chi connectivity index (χ1n) is 13.0. The summed E-state index contributed by atoms with van der Waals surface area (Å²) in [6.07, 6.45) is 17.4. The average molecular weight is 455 g/mol. The second kappa shape index (κ2) is 13.5. The Balaban J connectivity index is 1.53. The van der Waals surface area contributed by atoms with Crippen LogP contribution in [0.1, 0.15) is 96.0 Å². The van der Waals surface area contributed by atoms with E-state index < -0.39 is 11.6 Å². The van der Waals surface area contributed by atoms with Crippen LogP contribution in [0.25, 0.3) is 11.1 Å². The van der Waals surface area contributed by atoms with Gasteiger partial charge in [-0.2, -0.15) is 4.39 Å². The predicted molar refractivity (Wildman–Crippen MR) is 135 cm³/mol. The van der Waals surface area contributed by atoms with E-state index in [0.717, 1.165) is 12.8 Å². The van der Waals surface area contributed by atoms with E-state index in [0.29, 0.717) is 29.6 Å². The van der Waals surface area contributed by atoms with E-state index in [4.69, 9.17) is 4.74 Å². The third kappa shape index (κ3) is 7.42. The molecule has 3 heteroatoms. The van der Waals surface area contributed by atoms with Crippen molar-refractivity contribution in [3.05, 3.63) is 65.7 Å². The van der Waals surface area contributed by atoms with Gasteiger partial charge >= 0.3 is 0 Å². The zero-order valence-corrected chi connectivity index (χ0v) is 20.4. The van der Waals surface area contributed by atoms with Crippen molar-refractivity contribution in [3.8, 4) is 16.9 Å². The molecule has 2 aromatic rings. The number of allylic oxidation sites excluding steroid dienone is 2. The maximum Gasteiger partial charge on any atom is 0.201 e. The standard InChI is InChI=1S/C30H40F2O/c1-3-5-6-7-8-9-10-22-33-28-21-20-27(29(31)30(28)32)26-18-16-25(17-19-26)24-14-12-23(11-4-2)13-15-24/h4,11,16-21,23-24H,3,5-10,12-15,22H2,1-2H3/b11-4+. The van der Waals surface area contributed by atoms with Crippen LogP contribution in [0.3, 0.4) is 0 Å². The van der Waals surface area contributed by atoms with Gasteiger partial charge in [-0.1, -0.05) is 81.9 Å². The molecule has 0 radical (unpaired) electrons. The zero-order chi connectivity index (χ0) is 23.5. The topological polar surface area (TPSA) is 9.23 Å². The molecule has 2 aromatic carbocycles. The minimum absolute atomic E-state index is 0.0109. The highest BCUT2D eigenvalue weighted by Crippen LogP contribution is 2.37. The molecule has 0 amide bonds. The van der Waals surface area contributed by atoms with Crippen LogP contribution in [0.2, 0.25) is 0 Å². The highest BCUT2D eigenvalue weighted by atomic mass is 19.2. The SMILES string of the molecule is C/C=C/C1CCC(c2ccc(-c3ccc(OCCCCCCCCC)c(F)c3F)cc2)CC1. The molecule has 0 atom stereocenters. The van der Waals surface area contributed by atoms with E-state index in [-0.39, 0.29) is 5.75 Å². The van der Waals surface area contributed by atoms with Gasteiger partial charge in [-0.25, -0.2) is 4.39 Å². The molecule has 0 bridgehead atoms. The van der Waals surface area contributed by atoms with E-state index in [2.05, 4.69) is 38.1 Å². The molecule has 1 aliphatic carbocycles. The van der Waals surface area contributed by atoms with Crippen molar-refractivity contribution in [3.63, 3.8) is 0 Å². The predicted octanol–water partition coefficient (Wildman–Crippen LogP) is 9.61. The molecule has 0 saturated heterocycles. The molecule has 1 saturated carbocycles. The molecule has 180 valence electrons. The normalized spacial score (nSPS) is 18.7. The number of hydrogen-bond donors (Lipinski definition) is 0. The van der Waals surface area contributed by atoms with Gasteiger partial charge in [0.1, 0.15) is 0 Å². The molecule has 3 rings (SSSR count). The van der Waals surface area contributed by atoms with Crippen LogP contribution in [0.15, 0.2) is 48.6 Å². The van der Waals surface area contributed by atoms with Gasteiger partial charge in [-0.15, -0.1) is 0 Å². The second-order valence-corrected chi connectivity index (χ2v) is 9.47. The Bertz CT molecular complexity index is 864. The van der Waals surface area contributed by atoms with Gasteiger partial charge < -0.3 is 4.74 Å². The van der Waals surface area contributed by atoms with Crippen LogP contribution in [-0.2, 0) is 0 Å². The summed E-state index contributed by atoms with van der Waals surface area (Å²) in [7, 11) is 0. The van der Waals surface area contributed by atoms with Gasteiger partial charge in [0, 0.05) is 5.56 Å². The monoisotopic (exact) mass is 454 g/mol. The van der Waals surface area contributed by atoms with Crippen LogP contribution >= 0.6 is 0 Å². The minimum atomic E-state index is -0.887. The van der Waals surface area contributed by atoms with E-state index in [1.165, 1.54) is 63.4 Å². The van der Waals surface area contributed by atoms with Gasteiger partial charge in [0.25, 0.3) is 0 Å². The Labute approximate surface area is 199 Å². The number of benzene rings is 2. The van der Waals surface area contributed by atoms with Gasteiger partial charge in [0.05, 0.1) is 6.61 Å². The maximum atomic E-state index is 14.8. The minimum Gasteiger partial charge on any atom is -0.490 e. The van der Waals surface area contributed by atoms with Crippen molar-refractivity contribution in [1.29, 1.82) is 0 Å². The molecule has 1 fully saturated rings. The van der Waals surface area contributed by atoms with E-state index in [9.17, 15) is 8.78 Å². The Morgan fingerprint density at radius 3 is 2.15 bits per heavy atom. The largest absolute Gasteiger partial charge is 0.490 e. The maximum absolute atomic E-state index is 14.8. The summed E-state index contributed by atoms with van der Waals surface area (Å²) >= 11 is 0. The van der Waals surface area contributed by atoms with E-state index in [1.807, 2.05) is 12.1 Å². The molecule has 33 heavy (non-hydrogen) atoms. The van der Waals surface area contributed by atoms with Gasteiger partial charge in [0.15, 0.2) is 11.6 Å². The molecule has 0 spiro atoms. The zero-order valence-electron chi connectivity index (χ0n) is 20.4. The van der Waals surface area contributed by atoms with Crippen LogP contribution in [-0.4, -0.2) is 6.61 Å². The summed E-state index contributed by atoms with van der Waals surface area (Å²) in [5, 5.41) is 0. The number of hydrogen-bond acceptors (Lipinski definition) is 1. The first-order valence-corrected chi connectivity index (χ1v) is 13.0. The lowest BCUT2D eigenvalue weighted by atomic mass is 9.78. The molecular formula is C30H40F2O. The van der Waals surface area contributed by atoms with E-state index >= 15 is 0 Å². The first-order chi connectivity index (χ1) is 16.1. The van der Waals surface area contributed by atoms with Crippen LogP contribution < -0.4 is 4.74 Å². The number of unbranched alkanes of at least 4 members (excludes halogenated alkanes) is 6. The van der Waals surface area contributed by atoms with Crippen molar-refractivity contribution >= 4 is 0 Å². The fourth-order valence-electron chi connectivity index (χ4n) is 4.96. The van der Waals surface area contributed by atoms with Crippen LogP contribution in [0.5, 0.6) is 5.75 Å². The summed E-state index contributed by atoms with van der Waals surface area (Å²) in [4.78, 5) is 0. The Morgan fingerprint density at radius 2 is 1.48 bits per heavy atom. The fourth-order valence-corrected chi connectivity index (χ4v) is 4.96. The summed E-state index contributed by atoms with van der Waals surface area (Å²) in [6, 6.07) is 11.2. The summed E-state index contributed by atoms with van der Waals surface area (Å²) < 4.78 is 35.0. The van der Waals surface area contributed by atoms with Gasteiger partial charge in [-0.05, 0) is 74.1 Å². The highest BCUT2D eigenvalue weighted by Gasteiger charge is 2.21. The number of ether oxygens (including phenoxy) is 1. The molecule has 1 aliphatic rings. The Kier molecular flexibility index (Phi) is 10.4. The van der Waals surface area contributed by atoms with Crippen molar-refractivity contribution in [2.45, 2.75) is 90.4 Å². The van der Waals surface area contributed by atoms with Gasteiger partial charge in [-0.3, -0.25) is 0 Å². The van der Waals surface area contributed by atoms with Crippen LogP contribution in [0.4, 0.5) is 8.78 Å². The second-order valence-electron chi connectivity index (χ2n) is 9.47. The highest BCUT2D eigenvalue weighted by molar-refractivity contribution is 5.65. The smallest absolute Gasteiger partial charge is 0.201 e. The average Bonchev–Trinajstić information content (AvgIpc) is 2.84. The Morgan fingerprint density at radius 1 is 0.818 bits per heavy atom. The number of rotatable bonds is 12. The van der Waals surface area contributed by atoms with Crippen molar-refractivity contribution in [2.75, 3.05) is 6.61 Å². The summed E-state index contributed by atoms with van der Waals surface area (Å²) in [5.41, 5.74) is 2.30. The van der Waals surface area contributed by atoms with Crippen molar-refractivity contribution in [1.82, 2.24) is 0 Å². The number of halogens is 2. The van der Waals surface area contributed by atoms with Crippen LogP contribution in [0, 0.1) is 17.6 Å². The lowest BCUT2D eigenvalue weighted by Crippen LogP contribution is -2.11. The molecule has 0 unspecified atom stereocenters. The molecule has 0 heterocycles. The van der Waals surface area contributed by atoms with Gasteiger partial charge in [0.2, 0.25) is 5.82 Å². The third-order valence-electron chi connectivity index (χ3n) is 6.98. The Hall–Kier alpha value is -2.16. The molecule has 1 nitrogen and oxygen atoms in total. The van der Waals surface area contributed by atoms with E-state index in [1.54, 1.807) is 12.1 Å². The fraction of sp³-hybridized carbons (Fsp3) is 0.533. The first kappa shape index (κ1) is 25.5. The molecule has 0 aliphatic heterocycles. The molecule has 0 aromatic heterocycles. The van der Waals surface area contributed by atoms with Crippen molar-refractivity contribution < 1.29 is 13.5 Å². The third-order valence-corrected chi connectivity index (χ3v) is 6.98. The lowest BCUT2D eigenvalue weighted by molar-refractivity contribution is 0.285. The van der Waals surface area contributed by atoms with Crippen molar-refractivity contribution in [2.24, 2.45) is 5.92 Å². The molecular weight excluding hydrogens is 414 g/mol. The molecule has 0 N–H and O–H groups in total. The quantitative estimate of drug-likeness (QED) is 0.229. The summed E-state index contributed by atoms with van der Waals surface area (Å²) in [6.45, 7) is 4.72. The lowest BCUT2D eigenvalue weighted by Gasteiger charge is -2.27.